The summed E-state index contributed by atoms with van der Waals surface area (Å²) < 4.78 is 18.1. The third-order valence-electron chi connectivity index (χ3n) is 2.43. The van der Waals surface area contributed by atoms with Crippen LogP contribution in [-0.4, -0.2) is 24.9 Å². The molecule has 0 amide bonds. The van der Waals surface area contributed by atoms with Crippen molar-refractivity contribution in [1.29, 1.82) is 0 Å². The topological polar surface area (TPSA) is 52.3 Å². The quantitative estimate of drug-likeness (QED) is 0.638. The van der Waals surface area contributed by atoms with Gasteiger partial charge in [-0.05, 0) is 36.8 Å². The highest BCUT2D eigenvalue weighted by molar-refractivity contribution is 7.98. The number of ether oxygens (including phenoxy) is 1. The van der Waals surface area contributed by atoms with Crippen LogP contribution in [0.25, 0.3) is 0 Å². The van der Waals surface area contributed by atoms with E-state index in [0.29, 0.717) is 5.75 Å². The van der Waals surface area contributed by atoms with Gasteiger partial charge in [0, 0.05) is 11.8 Å². The van der Waals surface area contributed by atoms with Gasteiger partial charge in [-0.1, -0.05) is 6.07 Å². The summed E-state index contributed by atoms with van der Waals surface area (Å²) in [5, 5.41) is 0. The Morgan fingerprint density at radius 2 is 2.28 bits per heavy atom. The van der Waals surface area contributed by atoms with Gasteiger partial charge in [-0.3, -0.25) is 0 Å². The average Bonchev–Trinajstić information content (AvgIpc) is 2.33. The number of thioether (sulfide) groups is 1. The van der Waals surface area contributed by atoms with Crippen LogP contribution in [0.15, 0.2) is 18.2 Å². The Labute approximate surface area is 111 Å². The van der Waals surface area contributed by atoms with Crippen LogP contribution in [-0.2, 0) is 10.5 Å². The highest BCUT2D eigenvalue weighted by Crippen LogP contribution is 2.17. The number of nitrogens with two attached hydrogens (primary N) is 1. The van der Waals surface area contributed by atoms with E-state index in [4.69, 9.17) is 5.73 Å². The molecule has 2 N–H and O–H groups in total. The van der Waals surface area contributed by atoms with Crippen molar-refractivity contribution < 1.29 is 13.9 Å². The minimum Gasteiger partial charge on any atom is -0.465 e. The second kappa shape index (κ2) is 7.38. The molecule has 0 aromatic heterocycles. The lowest BCUT2D eigenvalue weighted by Gasteiger charge is -2.06. The van der Waals surface area contributed by atoms with Crippen molar-refractivity contribution in [1.82, 2.24) is 0 Å². The molecule has 0 aliphatic rings. The van der Waals surface area contributed by atoms with Gasteiger partial charge < -0.3 is 10.5 Å². The van der Waals surface area contributed by atoms with Crippen LogP contribution in [0.3, 0.4) is 0 Å². The van der Waals surface area contributed by atoms with Crippen LogP contribution in [0, 0.1) is 5.82 Å². The zero-order chi connectivity index (χ0) is 13.5. The van der Waals surface area contributed by atoms with Gasteiger partial charge in [0.15, 0.2) is 0 Å². The maximum atomic E-state index is 13.6. The molecule has 0 spiro atoms. The first-order valence-electron chi connectivity index (χ1n) is 5.74. The minimum absolute atomic E-state index is 0.0261. The summed E-state index contributed by atoms with van der Waals surface area (Å²) in [5.41, 5.74) is 6.47. The van der Waals surface area contributed by atoms with Crippen LogP contribution < -0.4 is 5.73 Å². The van der Waals surface area contributed by atoms with Gasteiger partial charge in [-0.25, -0.2) is 9.18 Å². The lowest BCUT2D eigenvalue weighted by atomic mass is 10.1. The minimum atomic E-state index is -0.649. The van der Waals surface area contributed by atoms with E-state index in [-0.39, 0.29) is 11.6 Å². The zero-order valence-corrected chi connectivity index (χ0v) is 11.4. The van der Waals surface area contributed by atoms with E-state index < -0.39 is 11.8 Å². The number of hydrogen-bond donors (Lipinski definition) is 1. The molecule has 1 unspecified atom stereocenters. The van der Waals surface area contributed by atoms with Crippen molar-refractivity contribution in [2.24, 2.45) is 5.73 Å². The van der Waals surface area contributed by atoms with Crippen molar-refractivity contribution in [3.63, 3.8) is 0 Å². The predicted octanol–water partition coefficient (Wildman–Crippen LogP) is 2.58. The second-order valence-corrected chi connectivity index (χ2v) is 5.23. The van der Waals surface area contributed by atoms with Crippen LogP contribution in [0.5, 0.6) is 0 Å². The fraction of sp³-hybridized carbons (Fsp3) is 0.462. The third-order valence-corrected chi connectivity index (χ3v) is 3.49. The molecule has 0 aliphatic carbocycles. The van der Waals surface area contributed by atoms with Gasteiger partial charge in [-0.15, -0.1) is 0 Å². The largest absolute Gasteiger partial charge is 0.465 e. The van der Waals surface area contributed by atoms with E-state index >= 15 is 0 Å². The van der Waals surface area contributed by atoms with Gasteiger partial charge in [0.2, 0.25) is 0 Å². The number of rotatable bonds is 6. The number of carbonyl (C=O) groups is 1. The van der Waals surface area contributed by atoms with Crippen molar-refractivity contribution in [2.45, 2.75) is 25.1 Å². The summed E-state index contributed by atoms with van der Waals surface area (Å²) in [7, 11) is 1.24. The molecule has 0 fully saturated rings. The van der Waals surface area contributed by atoms with Gasteiger partial charge in [0.05, 0.1) is 12.7 Å². The van der Waals surface area contributed by atoms with Crippen LogP contribution in [0.2, 0.25) is 0 Å². The fourth-order valence-corrected chi connectivity index (χ4v) is 2.48. The van der Waals surface area contributed by atoms with E-state index in [2.05, 4.69) is 4.74 Å². The predicted molar refractivity (Wildman–Crippen MR) is 72.2 cm³/mol. The van der Waals surface area contributed by atoms with Crippen LogP contribution >= 0.6 is 11.8 Å². The Balaban J connectivity index is 2.54. The van der Waals surface area contributed by atoms with Crippen molar-refractivity contribution in [2.75, 3.05) is 12.9 Å². The van der Waals surface area contributed by atoms with Crippen molar-refractivity contribution in [3.8, 4) is 0 Å². The monoisotopic (exact) mass is 271 g/mol. The molecular weight excluding hydrogens is 253 g/mol. The lowest BCUT2D eigenvalue weighted by molar-refractivity contribution is 0.0595. The molecule has 5 heteroatoms. The first kappa shape index (κ1) is 15.0. The molecule has 3 nitrogen and oxygen atoms in total. The molecule has 1 aromatic carbocycles. The van der Waals surface area contributed by atoms with Gasteiger partial charge in [0.1, 0.15) is 5.82 Å². The number of halogens is 1. The highest BCUT2D eigenvalue weighted by Gasteiger charge is 2.12. The molecule has 0 saturated carbocycles. The summed E-state index contributed by atoms with van der Waals surface area (Å²) >= 11 is 1.70. The Morgan fingerprint density at radius 3 is 2.83 bits per heavy atom. The molecule has 1 rings (SSSR count). The highest BCUT2D eigenvalue weighted by atomic mass is 32.2. The van der Waals surface area contributed by atoms with Crippen molar-refractivity contribution in [3.05, 3.63) is 35.1 Å². The Kier molecular flexibility index (Phi) is 6.15. The third kappa shape index (κ3) is 4.66. The smallest absolute Gasteiger partial charge is 0.340 e. The first-order valence-corrected chi connectivity index (χ1v) is 6.90. The Hall–Kier alpha value is -1.07. The summed E-state index contributed by atoms with van der Waals surface area (Å²) in [6, 6.07) is 4.78. The molecule has 1 aromatic rings. The van der Waals surface area contributed by atoms with E-state index in [9.17, 15) is 9.18 Å². The molecule has 0 aliphatic heterocycles. The number of hydrogen-bond acceptors (Lipinski definition) is 4. The molecule has 0 bridgehead atoms. The molecule has 0 saturated heterocycles. The summed E-state index contributed by atoms with van der Waals surface area (Å²) in [4.78, 5) is 11.2. The zero-order valence-electron chi connectivity index (χ0n) is 10.6. The second-order valence-electron chi connectivity index (χ2n) is 4.12. The normalized spacial score (nSPS) is 12.2. The molecule has 100 valence electrons. The molecule has 0 heterocycles. The van der Waals surface area contributed by atoms with Crippen LogP contribution in [0.4, 0.5) is 4.39 Å². The summed E-state index contributed by atoms with van der Waals surface area (Å²) in [6.07, 6.45) is 0.938. The van der Waals surface area contributed by atoms with Crippen LogP contribution in [0.1, 0.15) is 29.3 Å². The summed E-state index contributed by atoms with van der Waals surface area (Å²) in [5.74, 6) is 0.471. The average molecular weight is 271 g/mol. The SMILES string of the molecule is COC(=O)c1ccc(CSCCC(C)N)cc1F. The number of carbonyl (C=O) groups excluding carboxylic acids is 1. The molecule has 0 radical (unpaired) electrons. The van der Waals surface area contributed by atoms with Gasteiger partial charge >= 0.3 is 5.97 Å². The van der Waals surface area contributed by atoms with E-state index in [0.717, 1.165) is 17.7 Å². The standard InChI is InChI=1S/C13H18FNO2S/c1-9(15)5-6-18-8-10-3-4-11(12(14)7-10)13(16)17-2/h3-4,7,9H,5-6,8,15H2,1-2H3. The number of benzene rings is 1. The fourth-order valence-electron chi connectivity index (χ4n) is 1.38. The molecular formula is C13H18FNO2S. The maximum Gasteiger partial charge on any atom is 0.340 e. The summed E-state index contributed by atoms with van der Waals surface area (Å²) in [6.45, 7) is 1.96. The molecule has 1 atom stereocenters. The Bertz CT molecular complexity index is 410. The molecule has 18 heavy (non-hydrogen) atoms. The van der Waals surface area contributed by atoms with E-state index in [1.165, 1.54) is 19.2 Å². The Morgan fingerprint density at radius 1 is 1.56 bits per heavy atom. The lowest BCUT2D eigenvalue weighted by Crippen LogP contribution is -2.15. The number of esters is 1. The van der Waals surface area contributed by atoms with Gasteiger partial charge in [-0.2, -0.15) is 11.8 Å². The van der Waals surface area contributed by atoms with E-state index in [1.807, 2.05) is 6.92 Å². The van der Waals surface area contributed by atoms with E-state index in [1.54, 1.807) is 17.8 Å². The maximum absolute atomic E-state index is 13.6. The first-order chi connectivity index (χ1) is 8.54. The van der Waals surface area contributed by atoms with Crippen molar-refractivity contribution >= 4 is 17.7 Å². The van der Waals surface area contributed by atoms with Gasteiger partial charge in [0.25, 0.3) is 0 Å². The number of methoxy groups -OCH3 is 1.